The van der Waals surface area contributed by atoms with Crippen LogP contribution >= 0.6 is 24.2 Å². The van der Waals surface area contributed by atoms with Crippen molar-refractivity contribution in [1.29, 1.82) is 0 Å². The van der Waals surface area contributed by atoms with Gasteiger partial charge in [-0.15, -0.1) is 12.4 Å². The van der Waals surface area contributed by atoms with Gasteiger partial charge in [-0.3, -0.25) is 9.48 Å². The van der Waals surface area contributed by atoms with Crippen molar-refractivity contribution in [2.24, 2.45) is 0 Å². The van der Waals surface area contributed by atoms with Gasteiger partial charge in [0.05, 0.1) is 6.04 Å². The number of hydrogen-bond donors (Lipinski definition) is 2. The van der Waals surface area contributed by atoms with Gasteiger partial charge in [0.2, 0.25) is 0 Å². The monoisotopic (exact) mass is 381 g/mol. The molecule has 1 aliphatic heterocycles. The quantitative estimate of drug-likeness (QED) is 0.804. The van der Waals surface area contributed by atoms with Crippen LogP contribution in [0.5, 0.6) is 0 Å². The lowest BCUT2D eigenvalue weighted by atomic mass is 10.1. The van der Waals surface area contributed by atoms with Crippen molar-refractivity contribution in [1.82, 2.24) is 20.1 Å². The second-order valence-corrected chi connectivity index (χ2v) is 7.10. The molecule has 1 fully saturated rings. The first kappa shape index (κ1) is 19.8. The van der Waals surface area contributed by atoms with Crippen LogP contribution in [0.1, 0.15) is 41.9 Å². The summed E-state index contributed by atoms with van der Waals surface area (Å²) in [6, 6.07) is 5.99. The molecule has 0 bridgehead atoms. The molecule has 6 nitrogen and oxygen atoms in total. The Morgan fingerprint density at radius 3 is 3.12 bits per heavy atom. The van der Waals surface area contributed by atoms with E-state index < -0.39 is 0 Å². The molecule has 2 N–H and O–H groups in total. The molecule has 0 spiro atoms. The number of nitrogens with one attached hydrogen (secondary N) is 2. The first-order valence-electron chi connectivity index (χ1n) is 8.36. The van der Waals surface area contributed by atoms with E-state index in [1.54, 1.807) is 12.3 Å². The maximum Gasteiger partial charge on any atom is 0.277 e. The Kier molecular flexibility index (Phi) is 7.74. The molecule has 1 unspecified atom stereocenters. The Morgan fingerprint density at radius 2 is 2.36 bits per heavy atom. The molecule has 3 heterocycles. The van der Waals surface area contributed by atoms with E-state index in [9.17, 15) is 4.79 Å². The third-order valence-corrected chi connectivity index (χ3v) is 4.97. The van der Waals surface area contributed by atoms with E-state index in [1.807, 2.05) is 34.8 Å². The second kappa shape index (κ2) is 9.79. The molecule has 0 saturated carbocycles. The predicted octanol–water partition coefficient (Wildman–Crippen LogP) is 3.13. The van der Waals surface area contributed by atoms with Crippen molar-refractivity contribution in [2.75, 3.05) is 24.2 Å². The fourth-order valence-electron chi connectivity index (χ4n) is 2.75. The third kappa shape index (κ3) is 5.45. The highest BCUT2D eigenvalue weighted by molar-refractivity contribution is 7.98. The minimum Gasteiger partial charge on any atom is -0.315 e. The van der Waals surface area contributed by atoms with Crippen molar-refractivity contribution in [3.63, 3.8) is 0 Å². The summed E-state index contributed by atoms with van der Waals surface area (Å²) in [5.41, 5.74) is 1.58. The van der Waals surface area contributed by atoms with Gasteiger partial charge < -0.3 is 10.6 Å². The topological polar surface area (TPSA) is 71.8 Å². The van der Waals surface area contributed by atoms with Gasteiger partial charge in [-0.2, -0.15) is 16.9 Å². The van der Waals surface area contributed by atoms with Gasteiger partial charge in [-0.05, 0) is 48.9 Å². The van der Waals surface area contributed by atoms with Crippen molar-refractivity contribution in [2.45, 2.75) is 31.6 Å². The van der Waals surface area contributed by atoms with E-state index in [1.165, 1.54) is 0 Å². The van der Waals surface area contributed by atoms with Gasteiger partial charge in [0.15, 0.2) is 5.69 Å². The molecule has 3 rings (SSSR count). The Balaban J connectivity index is 0.00000225. The van der Waals surface area contributed by atoms with Crippen LogP contribution in [0.25, 0.3) is 0 Å². The largest absolute Gasteiger partial charge is 0.315 e. The number of hydrogen-bond acceptors (Lipinski definition) is 5. The average molecular weight is 382 g/mol. The summed E-state index contributed by atoms with van der Waals surface area (Å²) < 4.78 is 1.89. The Labute approximate surface area is 158 Å². The number of halogens is 1. The van der Waals surface area contributed by atoms with Crippen LogP contribution < -0.4 is 10.6 Å². The van der Waals surface area contributed by atoms with Gasteiger partial charge in [0, 0.05) is 24.7 Å². The standard InChI is InChI=1S/C17H23N5OS.ClH/c1-2-24-12-13-5-8-19-16(10-13)20-17(23)15-6-9-22(21-15)14-4-3-7-18-11-14;/h5-6,8-10,14,18H,2-4,7,11-12H2,1H3,(H,19,20,23);1H. The first-order chi connectivity index (χ1) is 11.8. The molecule has 8 heteroatoms. The molecular weight excluding hydrogens is 358 g/mol. The van der Waals surface area contributed by atoms with Crippen LogP contribution in [0, 0.1) is 0 Å². The van der Waals surface area contributed by atoms with E-state index >= 15 is 0 Å². The molecule has 136 valence electrons. The normalized spacial score (nSPS) is 16.9. The van der Waals surface area contributed by atoms with Gasteiger partial charge in [-0.25, -0.2) is 4.98 Å². The molecule has 0 radical (unpaired) electrons. The second-order valence-electron chi connectivity index (χ2n) is 5.82. The zero-order chi connectivity index (χ0) is 16.8. The van der Waals surface area contributed by atoms with Crippen molar-refractivity contribution in [3.05, 3.63) is 41.9 Å². The molecule has 2 aromatic heterocycles. The summed E-state index contributed by atoms with van der Waals surface area (Å²) in [6.45, 7) is 4.09. The van der Waals surface area contributed by atoms with Crippen LogP contribution in [-0.4, -0.2) is 39.5 Å². The maximum atomic E-state index is 12.4. The summed E-state index contributed by atoms with van der Waals surface area (Å²) in [4.78, 5) is 16.6. The summed E-state index contributed by atoms with van der Waals surface area (Å²) in [7, 11) is 0. The van der Waals surface area contributed by atoms with Gasteiger partial charge in [-0.1, -0.05) is 6.92 Å². The molecule has 0 aromatic carbocycles. The Morgan fingerprint density at radius 1 is 1.48 bits per heavy atom. The SMILES string of the molecule is CCSCc1ccnc(NC(=O)c2ccn(C3CCCNC3)n2)c1.Cl. The lowest BCUT2D eigenvalue weighted by Gasteiger charge is -2.22. The van der Waals surface area contributed by atoms with Crippen LogP contribution in [0.4, 0.5) is 5.82 Å². The number of anilines is 1. The Bertz CT molecular complexity index is 687. The molecule has 0 aliphatic carbocycles. The lowest BCUT2D eigenvalue weighted by molar-refractivity contribution is 0.102. The molecule has 25 heavy (non-hydrogen) atoms. The average Bonchev–Trinajstić information content (AvgIpc) is 3.11. The highest BCUT2D eigenvalue weighted by Gasteiger charge is 2.18. The fourth-order valence-corrected chi connectivity index (χ4v) is 3.37. The van der Waals surface area contributed by atoms with E-state index in [2.05, 4.69) is 27.6 Å². The number of piperidine rings is 1. The van der Waals surface area contributed by atoms with Crippen LogP contribution in [-0.2, 0) is 5.75 Å². The molecule has 1 atom stereocenters. The van der Waals surface area contributed by atoms with E-state index in [0.29, 0.717) is 17.6 Å². The first-order valence-corrected chi connectivity index (χ1v) is 9.51. The number of rotatable bonds is 6. The zero-order valence-electron chi connectivity index (χ0n) is 14.3. The maximum absolute atomic E-state index is 12.4. The number of carbonyl (C=O) groups is 1. The van der Waals surface area contributed by atoms with Gasteiger partial charge in [0.25, 0.3) is 5.91 Å². The van der Waals surface area contributed by atoms with Crippen molar-refractivity contribution < 1.29 is 4.79 Å². The van der Waals surface area contributed by atoms with E-state index in [0.717, 1.165) is 43.0 Å². The van der Waals surface area contributed by atoms with E-state index in [-0.39, 0.29) is 18.3 Å². The fraction of sp³-hybridized carbons (Fsp3) is 0.471. The van der Waals surface area contributed by atoms with Crippen LogP contribution in [0.15, 0.2) is 30.6 Å². The minimum atomic E-state index is -0.217. The molecule has 1 saturated heterocycles. The van der Waals surface area contributed by atoms with Crippen LogP contribution in [0.3, 0.4) is 0 Å². The summed E-state index contributed by atoms with van der Waals surface area (Å²) in [5, 5.41) is 10.6. The number of thioether (sulfide) groups is 1. The molecule has 1 aliphatic rings. The highest BCUT2D eigenvalue weighted by Crippen LogP contribution is 2.17. The number of pyridine rings is 1. The smallest absolute Gasteiger partial charge is 0.277 e. The van der Waals surface area contributed by atoms with Crippen LogP contribution in [0.2, 0.25) is 0 Å². The lowest BCUT2D eigenvalue weighted by Crippen LogP contribution is -2.32. The highest BCUT2D eigenvalue weighted by atomic mass is 35.5. The predicted molar refractivity (Wildman–Crippen MR) is 105 cm³/mol. The number of aromatic nitrogens is 3. The summed E-state index contributed by atoms with van der Waals surface area (Å²) in [5.74, 6) is 2.34. The molecule has 2 aromatic rings. The zero-order valence-corrected chi connectivity index (χ0v) is 15.9. The van der Waals surface area contributed by atoms with Crippen molar-refractivity contribution >= 4 is 35.9 Å². The summed E-state index contributed by atoms with van der Waals surface area (Å²) >= 11 is 1.84. The minimum absolute atomic E-state index is 0. The van der Waals surface area contributed by atoms with Crippen molar-refractivity contribution in [3.8, 4) is 0 Å². The third-order valence-electron chi connectivity index (χ3n) is 4.02. The molecular formula is C17H24ClN5OS. The number of amides is 1. The van der Waals surface area contributed by atoms with Gasteiger partial charge in [0.1, 0.15) is 5.82 Å². The Hall–Kier alpha value is -1.57. The van der Waals surface area contributed by atoms with E-state index in [4.69, 9.17) is 0 Å². The molecule has 1 amide bonds. The number of carbonyl (C=O) groups excluding carboxylic acids is 1. The summed E-state index contributed by atoms with van der Waals surface area (Å²) in [6.07, 6.45) is 5.84. The van der Waals surface area contributed by atoms with Gasteiger partial charge >= 0.3 is 0 Å². The number of nitrogens with zero attached hydrogens (tertiary/aromatic N) is 3.